The molecule has 2 N–H and O–H groups in total. The summed E-state index contributed by atoms with van der Waals surface area (Å²) in [6.07, 6.45) is 4.90. The summed E-state index contributed by atoms with van der Waals surface area (Å²) in [5.41, 5.74) is 2.88. The number of carbonyl (C=O) groups excluding carboxylic acids is 1. The van der Waals surface area contributed by atoms with Crippen LogP contribution in [0.3, 0.4) is 0 Å². The second kappa shape index (κ2) is 7.31. The van der Waals surface area contributed by atoms with Gasteiger partial charge >= 0.3 is 0 Å². The van der Waals surface area contributed by atoms with Crippen molar-refractivity contribution in [1.29, 1.82) is 0 Å². The van der Waals surface area contributed by atoms with E-state index < -0.39 is 10.0 Å². The molecule has 0 aliphatic heterocycles. The average molecular weight is 398 g/mol. The van der Waals surface area contributed by atoms with Gasteiger partial charge in [-0.15, -0.1) is 0 Å². The molecule has 0 aliphatic carbocycles. The van der Waals surface area contributed by atoms with Crippen molar-refractivity contribution < 1.29 is 13.2 Å². The Kier molecular flexibility index (Phi) is 4.70. The molecule has 0 atom stereocenters. The number of benzene rings is 1. The molecule has 0 spiro atoms. The maximum Gasteiger partial charge on any atom is 0.240 e. The SMILES string of the molecule is O=C(Cn1cnc2ccccc21)NCCS(=O)(=O)Nc1ccn2nccc2c1. The Morgan fingerprint density at radius 3 is 2.89 bits per heavy atom. The third-order valence-corrected chi connectivity index (χ3v) is 5.50. The third-order valence-electron chi connectivity index (χ3n) is 4.21. The summed E-state index contributed by atoms with van der Waals surface area (Å²) in [6.45, 7) is 0.0849. The summed E-state index contributed by atoms with van der Waals surface area (Å²) >= 11 is 0. The van der Waals surface area contributed by atoms with E-state index in [-0.39, 0.29) is 24.7 Å². The molecule has 4 rings (SSSR count). The van der Waals surface area contributed by atoms with Crippen LogP contribution < -0.4 is 10.0 Å². The second-order valence-corrected chi connectivity index (χ2v) is 8.09. The zero-order valence-electron chi connectivity index (χ0n) is 14.8. The van der Waals surface area contributed by atoms with Gasteiger partial charge in [-0.25, -0.2) is 17.9 Å². The van der Waals surface area contributed by atoms with E-state index in [1.54, 1.807) is 46.0 Å². The number of nitrogens with one attached hydrogen (secondary N) is 2. The number of fused-ring (bicyclic) bond motifs is 2. The fourth-order valence-corrected chi connectivity index (χ4v) is 3.85. The molecule has 3 heterocycles. The fraction of sp³-hybridized carbons (Fsp3) is 0.167. The number of para-hydroxylation sites is 2. The first-order chi connectivity index (χ1) is 13.5. The molecule has 0 radical (unpaired) electrons. The normalized spacial score (nSPS) is 11.7. The molecule has 0 unspecified atom stereocenters. The number of pyridine rings is 1. The van der Waals surface area contributed by atoms with Crippen LogP contribution in [0.15, 0.2) is 61.2 Å². The summed E-state index contributed by atoms with van der Waals surface area (Å²) in [5.74, 6) is -0.507. The molecule has 0 bridgehead atoms. The minimum absolute atomic E-state index is 0.00965. The number of hydrogen-bond acceptors (Lipinski definition) is 5. The first kappa shape index (κ1) is 18.0. The van der Waals surface area contributed by atoms with Crippen molar-refractivity contribution in [3.8, 4) is 0 Å². The van der Waals surface area contributed by atoms with Gasteiger partial charge in [0.2, 0.25) is 15.9 Å². The van der Waals surface area contributed by atoms with Gasteiger partial charge in [0, 0.05) is 18.9 Å². The van der Waals surface area contributed by atoms with Crippen molar-refractivity contribution in [2.24, 2.45) is 0 Å². The topological polar surface area (TPSA) is 110 Å². The van der Waals surface area contributed by atoms with Crippen molar-refractivity contribution in [1.82, 2.24) is 24.5 Å². The first-order valence-electron chi connectivity index (χ1n) is 8.61. The summed E-state index contributed by atoms with van der Waals surface area (Å²) < 4.78 is 30.4. The van der Waals surface area contributed by atoms with Crippen molar-refractivity contribution in [3.05, 3.63) is 61.2 Å². The van der Waals surface area contributed by atoms with Gasteiger partial charge in [0.1, 0.15) is 6.54 Å². The Bertz CT molecular complexity index is 1240. The maximum absolute atomic E-state index is 12.2. The van der Waals surface area contributed by atoms with E-state index in [9.17, 15) is 13.2 Å². The Labute approximate surface area is 161 Å². The smallest absolute Gasteiger partial charge is 0.240 e. The molecular weight excluding hydrogens is 380 g/mol. The molecule has 10 heteroatoms. The van der Waals surface area contributed by atoms with Crippen molar-refractivity contribution >= 4 is 38.2 Å². The van der Waals surface area contributed by atoms with Crippen molar-refractivity contribution in [2.45, 2.75) is 6.54 Å². The van der Waals surface area contributed by atoms with Crippen LogP contribution in [-0.4, -0.2) is 45.8 Å². The zero-order valence-corrected chi connectivity index (χ0v) is 15.6. The number of carbonyl (C=O) groups is 1. The summed E-state index contributed by atoms with van der Waals surface area (Å²) in [6, 6.07) is 12.6. The highest BCUT2D eigenvalue weighted by Gasteiger charge is 2.12. The molecule has 3 aromatic heterocycles. The monoisotopic (exact) mass is 398 g/mol. The lowest BCUT2D eigenvalue weighted by Crippen LogP contribution is -2.33. The van der Waals surface area contributed by atoms with Crippen LogP contribution in [0, 0.1) is 0 Å². The molecule has 0 fully saturated rings. The number of sulfonamides is 1. The van der Waals surface area contributed by atoms with Crippen molar-refractivity contribution in [3.63, 3.8) is 0 Å². The van der Waals surface area contributed by atoms with Gasteiger partial charge in [-0.2, -0.15) is 5.10 Å². The van der Waals surface area contributed by atoms with Gasteiger partial charge < -0.3 is 9.88 Å². The lowest BCUT2D eigenvalue weighted by atomic mass is 10.3. The van der Waals surface area contributed by atoms with E-state index >= 15 is 0 Å². The van der Waals surface area contributed by atoms with Crippen LogP contribution in [0.5, 0.6) is 0 Å². The van der Waals surface area contributed by atoms with Gasteiger partial charge in [0.05, 0.1) is 34.3 Å². The molecule has 144 valence electrons. The third kappa shape index (κ3) is 3.96. The maximum atomic E-state index is 12.2. The molecule has 0 saturated heterocycles. The number of aromatic nitrogens is 4. The molecule has 0 aliphatic rings. The van der Waals surface area contributed by atoms with Gasteiger partial charge in [0.15, 0.2) is 0 Å². The standard InChI is InChI=1S/C18H18N6O3S/c25-18(12-23-13-20-16-3-1-2-4-17(16)23)19-8-10-28(26,27)22-14-6-9-24-15(11-14)5-7-21-24/h1-7,9,11,13,22H,8,10,12H2,(H,19,25). The van der Waals surface area contributed by atoms with Crippen LogP contribution in [0.1, 0.15) is 0 Å². The van der Waals surface area contributed by atoms with E-state index in [0.717, 1.165) is 16.6 Å². The minimum Gasteiger partial charge on any atom is -0.353 e. The summed E-state index contributed by atoms with van der Waals surface area (Å²) in [5, 5.41) is 6.69. The van der Waals surface area contributed by atoms with Gasteiger partial charge in [-0.3, -0.25) is 9.52 Å². The van der Waals surface area contributed by atoms with E-state index in [1.165, 1.54) is 0 Å². The Hall–Kier alpha value is -3.40. The minimum atomic E-state index is -3.59. The number of nitrogens with zero attached hydrogens (tertiary/aromatic N) is 4. The van der Waals surface area contributed by atoms with E-state index in [0.29, 0.717) is 5.69 Å². The van der Waals surface area contributed by atoms with Crippen LogP contribution in [-0.2, 0) is 21.4 Å². The second-order valence-electron chi connectivity index (χ2n) is 6.25. The predicted molar refractivity (Wildman–Crippen MR) is 105 cm³/mol. The number of anilines is 1. The molecule has 4 aromatic rings. The summed E-state index contributed by atoms with van der Waals surface area (Å²) in [7, 11) is -3.59. The number of amides is 1. The molecule has 1 aromatic carbocycles. The lowest BCUT2D eigenvalue weighted by molar-refractivity contribution is -0.121. The molecule has 0 saturated carbocycles. The Balaban J connectivity index is 1.31. The molecule has 1 amide bonds. The van der Waals surface area contributed by atoms with Gasteiger partial charge in [0.25, 0.3) is 0 Å². The number of imidazole rings is 1. The van der Waals surface area contributed by atoms with Crippen LogP contribution in [0.2, 0.25) is 0 Å². The predicted octanol–water partition coefficient (Wildman–Crippen LogP) is 1.24. The lowest BCUT2D eigenvalue weighted by Gasteiger charge is -2.10. The Morgan fingerprint density at radius 2 is 2.00 bits per heavy atom. The van der Waals surface area contributed by atoms with E-state index in [4.69, 9.17) is 0 Å². The van der Waals surface area contributed by atoms with Crippen molar-refractivity contribution in [2.75, 3.05) is 17.0 Å². The van der Waals surface area contributed by atoms with Gasteiger partial charge in [-0.05, 0) is 30.3 Å². The van der Waals surface area contributed by atoms with Crippen LogP contribution in [0.4, 0.5) is 5.69 Å². The van der Waals surface area contributed by atoms with E-state index in [1.807, 2.05) is 24.3 Å². The highest BCUT2D eigenvalue weighted by atomic mass is 32.2. The van der Waals surface area contributed by atoms with Crippen LogP contribution in [0.25, 0.3) is 16.6 Å². The number of rotatable bonds is 7. The highest BCUT2D eigenvalue weighted by Crippen LogP contribution is 2.13. The molecular formula is C18H18N6O3S. The quantitative estimate of drug-likeness (QED) is 0.487. The molecule has 28 heavy (non-hydrogen) atoms. The van der Waals surface area contributed by atoms with E-state index in [2.05, 4.69) is 20.1 Å². The molecule has 9 nitrogen and oxygen atoms in total. The largest absolute Gasteiger partial charge is 0.353 e. The van der Waals surface area contributed by atoms with Crippen LogP contribution >= 0.6 is 0 Å². The summed E-state index contributed by atoms with van der Waals surface area (Å²) in [4.78, 5) is 16.4. The number of hydrogen-bond donors (Lipinski definition) is 2. The van der Waals surface area contributed by atoms with Gasteiger partial charge in [-0.1, -0.05) is 12.1 Å². The average Bonchev–Trinajstić information content (AvgIpc) is 3.28. The first-order valence-corrected chi connectivity index (χ1v) is 10.3. The Morgan fingerprint density at radius 1 is 1.14 bits per heavy atom. The fourth-order valence-electron chi connectivity index (χ4n) is 2.89. The zero-order chi connectivity index (χ0) is 19.6. The highest BCUT2D eigenvalue weighted by molar-refractivity contribution is 7.92.